The van der Waals surface area contributed by atoms with Crippen molar-refractivity contribution >= 4 is 23.5 Å². The number of carbonyl (C=O) groups is 1. The lowest BCUT2D eigenvalue weighted by Gasteiger charge is -2.12. The molecule has 0 saturated heterocycles. The van der Waals surface area contributed by atoms with Crippen molar-refractivity contribution < 1.29 is 27.5 Å². The number of halogens is 5. The van der Waals surface area contributed by atoms with Crippen LogP contribution in [0.1, 0.15) is 16.8 Å². The van der Waals surface area contributed by atoms with E-state index in [2.05, 4.69) is 25.6 Å². The molecule has 3 aromatic rings. The van der Waals surface area contributed by atoms with Crippen LogP contribution in [0.2, 0.25) is 5.28 Å². The fraction of sp³-hybridized carbons (Fsp3) is 0.263. The van der Waals surface area contributed by atoms with Gasteiger partial charge in [0.2, 0.25) is 5.28 Å². The highest BCUT2D eigenvalue weighted by Gasteiger charge is 2.29. The van der Waals surface area contributed by atoms with Crippen molar-refractivity contribution in [1.82, 2.24) is 24.8 Å². The lowest BCUT2D eigenvalue weighted by molar-refractivity contribution is -0.127. The second-order valence-electron chi connectivity index (χ2n) is 6.80. The minimum absolute atomic E-state index is 0.0566. The van der Waals surface area contributed by atoms with E-state index in [9.17, 15) is 22.4 Å². The minimum Gasteiger partial charge on any atom is -0.465 e. The zero-order valence-corrected chi connectivity index (χ0v) is 17.3. The SMILES string of the molecule is Cn1cc(CC(F)(F)F)nc1-c1ccc(CNc2nc(Cl)ncc2CNC(=O)O)cc1F. The van der Waals surface area contributed by atoms with Crippen LogP contribution in [0.4, 0.5) is 28.2 Å². The molecule has 170 valence electrons. The molecule has 1 amide bonds. The molecule has 8 nitrogen and oxygen atoms in total. The first-order valence-electron chi connectivity index (χ1n) is 9.11. The van der Waals surface area contributed by atoms with E-state index in [1.165, 1.54) is 36.1 Å². The van der Waals surface area contributed by atoms with E-state index in [1.54, 1.807) is 6.07 Å². The topological polar surface area (TPSA) is 105 Å². The predicted octanol–water partition coefficient (Wildman–Crippen LogP) is 4.15. The Morgan fingerprint density at radius 1 is 1.25 bits per heavy atom. The van der Waals surface area contributed by atoms with E-state index in [4.69, 9.17) is 16.7 Å². The number of benzene rings is 1. The highest BCUT2D eigenvalue weighted by atomic mass is 35.5. The van der Waals surface area contributed by atoms with Crippen LogP contribution in [0.15, 0.2) is 30.6 Å². The highest BCUT2D eigenvalue weighted by Crippen LogP contribution is 2.26. The molecule has 0 aliphatic rings. The molecule has 0 aliphatic heterocycles. The van der Waals surface area contributed by atoms with Gasteiger partial charge in [0.05, 0.1) is 24.2 Å². The molecule has 0 fully saturated rings. The molecular formula is C19H17ClF4N6O2. The number of nitrogens with zero attached hydrogens (tertiary/aromatic N) is 4. The van der Waals surface area contributed by atoms with Crippen molar-refractivity contribution in [3.05, 3.63) is 58.5 Å². The van der Waals surface area contributed by atoms with Gasteiger partial charge in [0, 0.05) is 31.5 Å². The van der Waals surface area contributed by atoms with Crippen LogP contribution in [0.25, 0.3) is 11.4 Å². The zero-order chi connectivity index (χ0) is 23.5. The smallest absolute Gasteiger partial charge is 0.404 e. The predicted molar refractivity (Wildman–Crippen MR) is 108 cm³/mol. The van der Waals surface area contributed by atoms with Gasteiger partial charge in [-0.1, -0.05) is 6.07 Å². The molecule has 0 unspecified atom stereocenters. The Hall–Kier alpha value is -3.41. The zero-order valence-electron chi connectivity index (χ0n) is 16.5. The number of carboxylic acid groups (broad SMARTS) is 1. The first kappa shape index (κ1) is 23.3. The van der Waals surface area contributed by atoms with E-state index in [0.717, 1.165) is 0 Å². The molecule has 13 heteroatoms. The average Bonchev–Trinajstić information content (AvgIpc) is 3.03. The summed E-state index contributed by atoms with van der Waals surface area (Å²) in [5.74, 6) is -0.319. The lowest BCUT2D eigenvalue weighted by atomic mass is 10.1. The number of nitrogens with one attached hydrogen (secondary N) is 2. The summed E-state index contributed by atoms with van der Waals surface area (Å²) in [6, 6.07) is 4.23. The Bertz CT molecular complexity index is 1140. The first-order chi connectivity index (χ1) is 15.0. The van der Waals surface area contributed by atoms with Crippen molar-refractivity contribution in [3.8, 4) is 11.4 Å². The van der Waals surface area contributed by atoms with Crippen molar-refractivity contribution in [2.24, 2.45) is 7.05 Å². The third kappa shape index (κ3) is 6.06. The van der Waals surface area contributed by atoms with E-state index < -0.39 is 24.5 Å². The number of aromatic nitrogens is 4. The average molecular weight is 473 g/mol. The molecule has 3 N–H and O–H groups in total. The Labute approximate surface area is 184 Å². The Kier molecular flexibility index (Phi) is 6.82. The molecule has 0 aliphatic carbocycles. The fourth-order valence-electron chi connectivity index (χ4n) is 2.94. The third-order valence-corrected chi connectivity index (χ3v) is 4.49. The Morgan fingerprint density at radius 2 is 2.00 bits per heavy atom. The number of hydrogen-bond donors (Lipinski definition) is 3. The maximum atomic E-state index is 14.7. The van der Waals surface area contributed by atoms with Gasteiger partial charge >= 0.3 is 12.3 Å². The standard InChI is InChI=1S/C19H17ClF4N6O2/c1-30-9-12(5-19(22,23)24)28-16(30)13-3-2-10(4-14(13)21)6-25-15-11(8-27-18(31)32)7-26-17(20)29-15/h2-4,7,9,27H,5-6,8H2,1H3,(H,31,32)(H,25,26,29). The van der Waals surface area contributed by atoms with Gasteiger partial charge in [0.25, 0.3) is 0 Å². The minimum atomic E-state index is -4.41. The Morgan fingerprint density at radius 3 is 2.66 bits per heavy atom. The van der Waals surface area contributed by atoms with Crippen LogP contribution >= 0.6 is 11.6 Å². The molecule has 0 bridgehead atoms. The van der Waals surface area contributed by atoms with Crippen LogP contribution in [0.3, 0.4) is 0 Å². The summed E-state index contributed by atoms with van der Waals surface area (Å²) in [6.07, 6.45) is -4.27. The second-order valence-corrected chi connectivity index (χ2v) is 7.14. The molecular weight excluding hydrogens is 456 g/mol. The van der Waals surface area contributed by atoms with Crippen LogP contribution in [0.5, 0.6) is 0 Å². The number of rotatable bonds is 7. The quantitative estimate of drug-likeness (QED) is 0.352. The van der Waals surface area contributed by atoms with Crippen LogP contribution in [-0.4, -0.2) is 36.9 Å². The molecule has 2 heterocycles. The summed E-state index contributed by atoms with van der Waals surface area (Å²) in [5.41, 5.74) is 0.784. The number of alkyl halides is 3. The van der Waals surface area contributed by atoms with Gasteiger partial charge < -0.3 is 20.3 Å². The van der Waals surface area contributed by atoms with Crippen LogP contribution in [-0.2, 0) is 26.6 Å². The molecule has 32 heavy (non-hydrogen) atoms. The van der Waals surface area contributed by atoms with E-state index in [0.29, 0.717) is 11.1 Å². The lowest BCUT2D eigenvalue weighted by Crippen LogP contribution is -2.21. The van der Waals surface area contributed by atoms with Gasteiger partial charge in [0.1, 0.15) is 17.5 Å². The van der Waals surface area contributed by atoms with Crippen molar-refractivity contribution in [2.75, 3.05) is 5.32 Å². The maximum Gasteiger partial charge on any atom is 0.404 e. The number of aryl methyl sites for hydroxylation is 1. The molecule has 2 aromatic heterocycles. The van der Waals surface area contributed by atoms with Gasteiger partial charge in [-0.2, -0.15) is 13.2 Å². The number of amides is 1. The molecule has 1 aromatic carbocycles. The largest absolute Gasteiger partial charge is 0.465 e. The molecule has 0 spiro atoms. The normalized spacial score (nSPS) is 11.4. The highest BCUT2D eigenvalue weighted by molar-refractivity contribution is 6.28. The number of imidazole rings is 1. The Balaban J connectivity index is 1.76. The number of anilines is 1. The monoisotopic (exact) mass is 472 g/mol. The summed E-state index contributed by atoms with van der Waals surface area (Å²) >= 11 is 5.79. The van der Waals surface area contributed by atoms with Crippen LogP contribution < -0.4 is 10.6 Å². The van der Waals surface area contributed by atoms with E-state index in [1.807, 2.05) is 0 Å². The summed E-state index contributed by atoms with van der Waals surface area (Å²) in [5, 5.41) is 13.8. The van der Waals surface area contributed by atoms with Crippen molar-refractivity contribution in [1.29, 1.82) is 0 Å². The summed E-state index contributed by atoms with van der Waals surface area (Å²) < 4.78 is 53.9. The molecule has 0 saturated carbocycles. The summed E-state index contributed by atoms with van der Waals surface area (Å²) in [7, 11) is 1.49. The molecule has 0 radical (unpaired) electrons. The second kappa shape index (κ2) is 9.39. The van der Waals surface area contributed by atoms with Crippen molar-refractivity contribution in [2.45, 2.75) is 25.7 Å². The van der Waals surface area contributed by atoms with Crippen molar-refractivity contribution in [3.63, 3.8) is 0 Å². The van der Waals surface area contributed by atoms with Gasteiger partial charge in [0.15, 0.2) is 0 Å². The van der Waals surface area contributed by atoms with Gasteiger partial charge in [-0.05, 0) is 29.3 Å². The third-order valence-electron chi connectivity index (χ3n) is 4.31. The fourth-order valence-corrected chi connectivity index (χ4v) is 3.08. The summed E-state index contributed by atoms with van der Waals surface area (Å²) in [6.45, 7) is 0.0477. The number of hydrogen-bond acceptors (Lipinski definition) is 5. The van der Waals surface area contributed by atoms with E-state index in [-0.39, 0.29) is 41.3 Å². The van der Waals surface area contributed by atoms with Gasteiger partial charge in [-0.25, -0.2) is 24.1 Å². The van der Waals surface area contributed by atoms with E-state index >= 15 is 0 Å². The van der Waals surface area contributed by atoms with Gasteiger partial charge in [-0.15, -0.1) is 0 Å². The van der Waals surface area contributed by atoms with Crippen LogP contribution in [0, 0.1) is 5.82 Å². The summed E-state index contributed by atoms with van der Waals surface area (Å²) in [4.78, 5) is 22.4. The molecule has 0 atom stereocenters. The maximum absolute atomic E-state index is 14.7. The first-order valence-corrected chi connectivity index (χ1v) is 9.49. The van der Waals surface area contributed by atoms with Gasteiger partial charge in [-0.3, -0.25) is 0 Å². The molecule has 3 rings (SSSR count).